The quantitative estimate of drug-likeness (QED) is 0.744. The number of nitrogens with zero attached hydrogens (tertiary/aromatic N) is 4. The molecule has 1 amide bonds. The highest BCUT2D eigenvalue weighted by molar-refractivity contribution is 7.18. The number of nitrogens with one attached hydrogen (secondary N) is 1. The number of carbonyl (C=O) groups excluding carboxylic acids is 1. The van der Waals surface area contributed by atoms with E-state index in [1.54, 1.807) is 23.9 Å². The van der Waals surface area contributed by atoms with Gasteiger partial charge in [-0.25, -0.2) is 15.0 Å². The number of pyridine rings is 1. The fraction of sp³-hybridized carbons (Fsp3) is 0.400. The van der Waals surface area contributed by atoms with Crippen molar-refractivity contribution in [1.82, 2.24) is 15.0 Å². The number of amides is 1. The van der Waals surface area contributed by atoms with E-state index in [9.17, 15) is 4.79 Å². The third-order valence-electron chi connectivity index (χ3n) is 5.04. The minimum Gasteiger partial charge on any atom is -0.356 e. The van der Waals surface area contributed by atoms with Crippen molar-refractivity contribution in [3.63, 3.8) is 0 Å². The highest BCUT2D eigenvalue weighted by atomic mass is 32.1. The van der Waals surface area contributed by atoms with Crippen LogP contribution in [-0.4, -0.2) is 33.9 Å². The van der Waals surface area contributed by atoms with Gasteiger partial charge in [0.2, 0.25) is 5.91 Å². The minimum atomic E-state index is 0.00886. The molecule has 0 bridgehead atoms. The van der Waals surface area contributed by atoms with Gasteiger partial charge in [0.05, 0.1) is 5.39 Å². The van der Waals surface area contributed by atoms with E-state index < -0.39 is 0 Å². The summed E-state index contributed by atoms with van der Waals surface area (Å²) in [7, 11) is 0. The molecule has 0 unspecified atom stereocenters. The van der Waals surface area contributed by atoms with Crippen LogP contribution < -0.4 is 10.2 Å². The second-order valence-corrected chi connectivity index (χ2v) is 8.07. The van der Waals surface area contributed by atoms with E-state index in [2.05, 4.69) is 38.2 Å². The smallest absolute Gasteiger partial charge is 0.228 e. The van der Waals surface area contributed by atoms with E-state index in [1.807, 2.05) is 19.1 Å². The van der Waals surface area contributed by atoms with Crippen LogP contribution in [0, 0.1) is 12.8 Å². The van der Waals surface area contributed by atoms with Gasteiger partial charge in [0.1, 0.15) is 22.8 Å². The normalized spacial score (nSPS) is 15.3. The second kappa shape index (κ2) is 7.60. The number of anilines is 2. The summed E-state index contributed by atoms with van der Waals surface area (Å²) < 4.78 is 0. The molecule has 0 radical (unpaired) electrons. The predicted octanol–water partition coefficient (Wildman–Crippen LogP) is 3.81. The van der Waals surface area contributed by atoms with Crippen molar-refractivity contribution >= 4 is 39.1 Å². The molecular weight excluding hydrogens is 358 g/mol. The molecular formula is C20H23N5OS. The third-order valence-corrected chi connectivity index (χ3v) is 6.23. The first-order valence-corrected chi connectivity index (χ1v) is 10.2. The van der Waals surface area contributed by atoms with Gasteiger partial charge in [-0.2, -0.15) is 0 Å². The first-order valence-electron chi connectivity index (χ1n) is 9.36. The van der Waals surface area contributed by atoms with Crippen molar-refractivity contribution in [2.24, 2.45) is 5.92 Å². The average molecular weight is 382 g/mol. The molecule has 1 aliphatic rings. The first-order chi connectivity index (χ1) is 13.1. The van der Waals surface area contributed by atoms with E-state index >= 15 is 0 Å². The van der Waals surface area contributed by atoms with E-state index in [1.165, 1.54) is 4.88 Å². The largest absolute Gasteiger partial charge is 0.356 e. The fourth-order valence-electron chi connectivity index (χ4n) is 3.51. The topological polar surface area (TPSA) is 71.0 Å². The van der Waals surface area contributed by atoms with Crippen molar-refractivity contribution in [2.45, 2.75) is 33.1 Å². The van der Waals surface area contributed by atoms with E-state index in [-0.39, 0.29) is 11.8 Å². The average Bonchev–Trinajstić information content (AvgIpc) is 3.11. The van der Waals surface area contributed by atoms with Crippen LogP contribution >= 0.6 is 11.3 Å². The Balaban J connectivity index is 1.43. The molecule has 0 aliphatic carbocycles. The lowest BCUT2D eigenvalue weighted by molar-refractivity contribution is -0.120. The lowest BCUT2D eigenvalue weighted by atomic mass is 9.95. The molecule has 6 nitrogen and oxygen atoms in total. The molecule has 27 heavy (non-hydrogen) atoms. The maximum atomic E-state index is 12.6. The zero-order chi connectivity index (χ0) is 18.8. The number of hydrogen-bond donors (Lipinski definition) is 1. The standard InChI is InChI=1S/C20H23N5OS/c1-3-15-11-16-18(22-12-23-20(16)27-15)25-8-5-14(6-9-25)19(26)24-17-10-13(2)4-7-21-17/h4,7,10-12,14H,3,5-6,8-9H2,1-2H3,(H,21,24,26). The maximum absolute atomic E-state index is 12.6. The van der Waals surface area contributed by atoms with Crippen LogP contribution in [0.2, 0.25) is 0 Å². The van der Waals surface area contributed by atoms with Crippen molar-refractivity contribution in [1.29, 1.82) is 0 Å². The summed E-state index contributed by atoms with van der Waals surface area (Å²) in [5, 5.41) is 4.09. The Labute approximate surface area is 162 Å². The monoisotopic (exact) mass is 381 g/mol. The van der Waals surface area contributed by atoms with E-state index in [0.29, 0.717) is 5.82 Å². The lowest BCUT2D eigenvalue weighted by Gasteiger charge is -2.32. The van der Waals surface area contributed by atoms with Gasteiger partial charge in [-0.3, -0.25) is 4.79 Å². The molecule has 4 heterocycles. The number of aryl methyl sites for hydroxylation is 2. The molecule has 3 aromatic heterocycles. The number of fused-ring (bicyclic) bond motifs is 1. The molecule has 1 saturated heterocycles. The van der Waals surface area contributed by atoms with E-state index in [4.69, 9.17) is 0 Å². The van der Waals surface area contributed by atoms with Crippen LogP contribution in [0.1, 0.15) is 30.2 Å². The summed E-state index contributed by atoms with van der Waals surface area (Å²) in [4.78, 5) is 30.4. The zero-order valence-electron chi connectivity index (χ0n) is 15.6. The van der Waals surface area contributed by atoms with Gasteiger partial charge < -0.3 is 10.2 Å². The zero-order valence-corrected chi connectivity index (χ0v) is 16.4. The fourth-order valence-corrected chi connectivity index (χ4v) is 4.43. The Morgan fingerprint density at radius 1 is 1.26 bits per heavy atom. The first kappa shape index (κ1) is 17.9. The summed E-state index contributed by atoms with van der Waals surface area (Å²) in [5.74, 6) is 1.69. The molecule has 1 fully saturated rings. The van der Waals surface area contributed by atoms with Crippen molar-refractivity contribution in [3.05, 3.63) is 41.2 Å². The van der Waals surface area contributed by atoms with Crippen LogP contribution in [0.3, 0.4) is 0 Å². The third kappa shape index (κ3) is 3.78. The van der Waals surface area contributed by atoms with Gasteiger partial charge in [-0.1, -0.05) is 6.92 Å². The van der Waals surface area contributed by atoms with Crippen molar-refractivity contribution in [2.75, 3.05) is 23.3 Å². The van der Waals surface area contributed by atoms with Crippen molar-refractivity contribution in [3.8, 4) is 0 Å². The Kier molecular flexibility index (Phi) is 5.03. The van der Waals surface area contributed by atoms with Crippen LogP contribution in [0.25, 0.3) is 10.2 Å². The van der Waals surface area contributed by atoms with Gasteiger partial charge in [0, 0.05) is 30.1 Å². The van der Waals surface area contributed by atoms with Crippen LogP contribution in [0.5, 0.6) is 0 Å². The Morgan fingerprint density at radius 2 is 2.07 bits per heavy atom. The Bertz CT molecular complexity index is 962. The number of carbonyl (C=O) groups is 1. The molecule has 0 aromatic carbocycles. The van der Waals surface area contributed by atoms with Gasteiger partial charge in [0.15, 0.2) is 0 Å². The maximum Gasteiger partial charge on any atom is 0.228 e. The number of thiophene rings is 1. The molecule has 0 spiro atoms. The molecule has 0 saturated carbocycles. The van der Waals surface area contributed by atoms with Gasteiger partial charge in [0.25, 0.3) is 0 Å². The van der Waals surface area contributed by atoms with Gasteiger partial charge >= 0.3 is 0 Å². The van der Waals surface area contributed by atoms with Crippen LogP contribution in [-0.2, 0) is 11.2 Å². The molecule has 1 aliphatic heterocycles. The SMILES string of the molecule is CCc1cc2c(N3CCC(C(=O)Nc4cc(C)ccn4)CC3)ncnc2s1. The van der Waals surface area contributed by atoms with Crippen LogP contribution in [0.4, 0.5) is 11.6 Å². The molecule has 3 aromatic rings. The second-order valence-electron chi connectivity index (χ2n) is 6.95. The lowest BCUT2D eigenvalue weighted by Crippen LogP contribution is -2.38. The minimum absolute atomic E-state index is 0.00886. The summed E-state index contributed by atoms with van der Waals surface area (Å²) in [6.07, 6.45) is 6.01. The molecule has 140 valence electrons. The Hall–Kier alpha value is -2.54. The molecule has 0 atom stereocenters. The molecule has 4 rings (SSSR count). The number of aromatic nitrogens is 3. The molecule has 1 N–H and O–H groups in total. The highest BCUT2D eigenvalue weighted by Crippen LogP contribution is 2.32. The van der Waals surface area contributed by atoms with Crippen molar-refractivity contribution < 1.29 is 4.79 Å². The number of hydrogen-bond acceptors (Lipinski definition) is 6. The Morgan fingerprint density at radius 3 is 2.81 bits per heavy atom. The highest BCUT2D eigenvalue weighted by Gasteiger charge is 2.27. The van der Waals surface area contributed by atoms with Gasteiger partial charge in [-0.15, -0.1) is 11.3 Å². The number of piperidine rings is 1. The molecule has 7 heteroatoms. The summed E-state index contributed by atoms with van der Waals surface area (Å²) in [6, 6.07) is 6.02. The van der Waals surface area contributed by atoms with Gasteiger partial charge in [-0.05, 0) is 49.9 Å². The van der Waals surface area contributed by atoms with E-state index in [0.717, 1.165) is 53.9 Å². The summed E-state index contributed by atoms with van der Waals surface area (Å²) in [6.45, 7) is 5.79. The summed E-state index contributed by atoms with van der Waals surface area (Å²) in [5.41, 5.74) is 1.09. The predicted molar refractivity (Wildman–Crippen MR) is 109 cm³/mol. The van der Waals surface area contributed by atoms with Crippen LogP contribution in [0.15, 0.2) is 30.7 Å². The summed E-state index contributed by atoms with van der Waals surface area (Å²) >= 11 is 1.73. The number of rotatable bonds is 4.